The van der Waals surface area contributed by atoms with E-state index in [2.05, 4.69) is 26.5 Å². The molecule has 0 aromatic heterocycles. The number of likely N-dealkylation sites (tertiary alicyclic amines) is 1. The lowest BCUT2D eigenvalue weighted by Gasteiger charge is -2.16. The van der Waals surface area contributed by atoms with Crippen LogP contribution in [0.4, 0.5) is 0 Å². The molecule has 0 N–H and O–H groups in total. The minimum absolute atomic E-state index is 0.299. The predicted molar refractivity (Wildman–Crippen MR) is 62.5 cm³/mol. The van der Waals surface area contributed by atoms with E-state index in [-0.39, 0.29) is 0 Å². The molecule has 3 heteroatoms. The summed E-state index contributed by atoms with van der Waals surface area (Å²) in [4.78, 5) is 13.5. The Morgan fingerprint density at radius 3 is 2.79 bits per heavy atom. The molecule has 0 spiro atoms. The van der Waals surface area contributed by atoms with E-state index in [1.165, 1.54) is 0 Å². The van der Waals surface area contributed by atoms with Crippen molar-refractivity contribution in [1.82, 2.24) is 4.90 Å². The molecule has 0 radical (unpaired) electrons. The number of rotatable bonds is 4. The van der Waals surface area contributed by atoms with Crippen molar-refractivity contribution in [3.05, 3.63) is 12.2 Å². The number of amides is 1. The number of carbonyl (C=O) groups is 1. The Kier molecular flexibility index (Phi) is 4.52. The first-order chi connectivity index (χ1) is 6.65. The van der Waals surface area contributed by atoms with E-state index in [0.29, 0.717) is 17.7 Å². The van der Waals surface area contributed by atoms with Crippen LogP contribution in [-0.2, 0) is 4.79 Å². The van der Waals surface area contributed by atoms with Crippen LogP contribution in [0.15, 0.2) is 12.2 Å². The molecule has 1 heterocycles. The van der Waals surface area contributed by atoms with Gasteiger partial charge >= 0.3 is 0 Å². The van der Waals surface area contributed by atoms with Crippen molar-refractivity contribution < 1.29 is 4.79 Å². The molecule has 1 unspecified atom stereocenters. The second-order valence-corrected chi connectivity index (χ2v) is 4.53. The average molecular weight is 213 g/mol. The van der Waals surface area contributed by atoms with Crippen LogP contribution in [0.25, 0.3) is 0 Å². The Morgan fingerprint density at radius 1 is 1.57 bits per heavy atom. The summed E-state index contributed by atoms with van der Waals surface area (Å²) >= 11 is 4.08. The van der Waals surface area contributed by atoms with Crippen molar-refractivity contribution in [3.63, 3.8) is 0 Å². The third kappa shape index (κ3) is 3.05. The SMILES string of the molecule is CC(C)C1CC(=O)N(C/C=C/CS)C1. The van der Waals surface area contributed by atoms with Crippen LogP contribution in [0.2, 0.25) is 0 Å². The molecular weight excluding hydrogens is 194 g/mol. The quantitative estimate of drug-likeness (QED) is 0.559. The molecule has 0 aromatic carbocycles. The topological polar surface area (TPSA) is 20.3 Å². The Balaban J connectivity index is 2.41. The maximum absolute atomic E-state index is 11.6. The highest BCUT2D eigenvalue weighted by molar-refractivity contribution is 7.80. The fraction of sp³-hybridized carbons (Fsp3) is 0.727. The molecule has 1 saturated heterocycles. The maximum atomic E-state index is 11.6. The van der Waals surface area contributed by atoms with Crippen molar-refractivity contribution in [2.75, 3.05) is 18.8 Å². The van der Waals surface area contributed by atoms with Gasteiger partial charge in [-0.25, -0.2) is 0 Å². The van der Waals surface area contributed by atoms with Gasteiger partial charge in [-0.3, -0.25) is 4.79 Å². The molecule has 1 aliphatic rings. The summed E-state index contributed by atoms with van der Waals surface area (Å²) in [5, 5.41) is 0. The van der Waals surface area contributed by atoms with Crippen LogP contribution in [0.3, 0.4) is 0 Å². The zero-order valence-electron chi connectivity index (χ0n) is 8.94. The summed E-state index contributed by atoms with van der Waals surface area (Å²) in [5.41, 5.74) is 0. The van der Waals surface area contributed by atoms with Gasteiger partial charge in [-0.1, -0.05) is 26.0 Å². The minimum Gasteiger partial charge on any atom is -0.339 e. The summed E-state index contributed by atoms with van der Waals surface area (Å²) in [6.45, 7) is 6.05. The molecule has 0 bridgehead atoms. The first-order valence-corrected chi connectivity index (χ1v) is 5.82. The summed E-state index contributed by atoms with van der Waals surface area (Å²) in [6.07, 6.45) is 4.74. The van der Waals surface area contributed by atoms with E-state index in [1.54, 1.807) is 0 Å². The first kappa shape index (κ1) is 11.6. The largest absolute Gasteiger partial charge is 0.339 e. The van der Waals surface area contributed by atoms with Gasteiger partial charge in [0.25, 0.3) is 0 Å². The molecular formula is C11H19NOS. The molecule has 80 valence electrons. The molecule has 1 atom stereocenters. The number of hydrogen-bond acceptors (Lipinski definition) is 2. The third-order valence-corrected chi connectivity index (χ3v) is 3.00. The molecule has 1 aliphatic heterocycles. The lowest BCUT2D eigenvalue weighted by atomic mass is 9.95. The number of thiol groups is 1. The summed E-state index contributed by atoms with van der Waals surface area (Å²) in [5.74, 6) is 2.20. The summed E-state index contributed by atoms with van der Waals surface area (Å²) in [6, 6.07) is 0. The van der Waals surface area contributed by atoms with Crippen molar-refractivity contribution in [1.29, 1.82) is 0 Å². The Labute approximate surface area is 91.8 Å². The van der Waals surface area contributed by atoms with Crippen molar-refractivity contribution in [3.8, 4) is 0 Å². The van der Waals surface area contributed by atoms with Gasteiger partial charge in [0.2, 0.25) is 5.91 Å². The van der Waals surface area contributed by atoms with Crippen LogP contribution < -0.4 is 0 Å². The van der Waals surface area contributed by atoms with E-state index in [4.69, 9.17) is 0 Å². The van der Waals surface area contributed by atoms with Gasteiger partial charge < -0.3 is 4.90 Å². The van der Waals surface area contributed by atoms with Crippen LogP contribution in [0, 0.1) is 11.8 Å². The highest BCUT2D eigenvalue weighted by Gasteiger charge is 2.30. The summed E-state index contributed by atoms with van der Waals surface area (Å²) in [7, 11) is 0. The standard InChI is InChI=1S/C11H19NOS/c1-9(2)10-7-11(13)12(8-10)5-3-4-6-14/h3-4,9-10,14H,5-8H2,1-2H3/b4-3+. The zero-order valence-corrected chi connectivity index (χ0v) is 9.83. The van der Waals surface area contributed by atoms with E-state index >= 15 is 0 Å². The Morgan fingerprint density at radius 2 is 2.29 bits per heavy atom. The fourth-order valence-corrected chi connectivity index (χ4v) is 1.85. The zero-order chi connectivity index (χ0) is 10.6. The van der Waals surface area contributed by atoms with Gasteiger partial charge in [0.05, 0.1) is 0 Å². The van der Waals surface area contributed by atoms with Gasteiger partial charge in [0.1, 0.15) is 0 Å². The van der Waals surface area contributed by atoms with Crippen molar-refractivity contribution in [2.24, 2.45) is 11.8 Å². The van der Waals surface area contributed by atoms with Crippen LogP contribution in [-0.4, -0.2) is 29.6 Å². The van der Waals surface area contributed by atoms with Crippen LogP contribution in [0.5, 0.6) is 0 Å². The number of hydrogen-bond donors (Lipinski definition) is 1. The molecule has 14 heavy (non-hydrogen) atoms. The van der Waals surface area contributed by atoms with E-state index < -0.39 is 0 Å². The molecule has 2 nitrogen and oxygen atoms in total. The van der Waals surface area contributed by atoms with Crippen molar-refractivity contribution in [2.45, 2.75) is 20.3 Å². The minimum atomic E-state index is 0.299. The molecule has 0 saturated carbocycles. The monoisotopic (exact) mass is 213 g/mol. The predicted octanol–water partition coefficient (Wildman–Crippen LogP) is 1.98. The second kappa shape index (κ2) is 5.44. The third-order valence-electron chi connectivity index (χ3n) is 2.79. The number of nitrogens with zero attached hydrogens (tertiary/aromatic N) is 1. The highest BCUT2D eigenvalue weighted by atomic mass is 32.1. The van der Waals surface area contributed by atoms with Crippen molar-refractivity contribution >= 4 is 18.5 Å². The summed E-state index contributed by atoms with van der Waals surface area (Å²) < 4.78 is 0. The highest BCUT2D eigenvalue weighted by Crippen LogP contribution is 2.24. The van der Waals surface area contributed by atoms with E-state index in [9.17, 15) is 4.79 Å². The lowest BCUT2D eigenvalue weighted by molar-refractivity contribution is -0.127. The Bertz CT molecular complexity index is 225. The number of carbonyl (C=O) groups excluding carboxylic acids is 1. The molecule has 1 fully saturated rings. The second-order valence-electron chi connectivity index (χ2n) is 4.16. The van der Waals surface area contributed by atoms with Gasteiger partial charge in [-0.2, -0.15) is 12.6 Å². The smallest absolute Gasteiger partial charge is 0.223 e. The molecule has 1 rings (SSSR count). The van der Waals surface area contributed by atoms with Crippen LogP contribution >= 0.6 is 12.6 Å². The molecule has 0 aliphatic carbocycles. The molecule has 0 aromatic rings. The van der Waals surface area contributed by atoms with Gasteiger partial charge in [0, 0.05) is 25.3 Å². The fourth-order valence-electron chi connectivity index (χ4n) is 1.70. The Hall–Kier alpha value is -0.440. The average Bonchev–Trinajstić information content (AvgIpc) is 2.49. The lowest BCUT2D eigenvalue weighted by Crippen LogP contribution is -2.25. The molecule has 1 amide bonds. The van der Waals surface area contributed by atoms with E-state index in [1.807, 2.05) is 17.1 Å². The van der Waals surface area contributed by atoms with Gasteiger partial charge in [-0.05, 0) is 11.8 Å². The van der Waals surface area contributed by atoms with Gasteiger partial charge in [0.15, 0.2) is 0 Å². The maximum Gasteiger partial charge on any atom is 0.223 e. The van der Waals surface area contributed by atoms with Gasteiger partial charge in [-0.15, -0.1) is 0 Å². The normalized spacial score (nSPS) is 23.0. The van der Waals surface area contributed by atoms with E-state index in [0.717, 1.165) is 25.3 Å². The van der Waals surface area contributed by atoms with Crippen LogP contribution in [0.1, 0.15) is 20.3 Å². The first-order valence-electron chi connectivity index (χ1n) is 5.18.